The number of aromatic nitrogens is 2. The van der Waals surface area contributed by atoms with Gasteiger partial charge in [0.05, 0.1) is 24.0 Å². The lowest BCUT2D eigenvalue weighted by atomic mass is 10.2. The minimum absolute atomic E-state index is 0.0903. The first kappa shape index (κ1) is 23.1. The lowest BCUT2D eigenvalue weighted by Crippen LogP contribution is -2.28. The summed E-state index contributed by atoms with van der Waals surface area (Å²) in [6, 6.07) is 21.9. The van der Waals surface area contributed by atoms with Crippen LogP contribution in [-0.4, -0.2) is 33.3 Å². The highest BCUT2D eigenvalue weighted by molar-refractivity contribution is 6.30. The van der Waals surface area contributed by atoms with Gasteiger partial charge in [-0.25, -0.2) is 4.98 Å². The van der Waals surface area contributed by atoms with Gasteiger partial charge in [-0.3, -0.25) is 4.79 Å². The van der Waals surface area contributed by atoms with Crippen molar-refractivity contribution in [2.45, 2.75) is 25.6 Å². The number of halogens is 2. The highest BCUT2D eigenvalue weighted by Gasteiger charge is 2.17. The van der Waals surface area contributed by atoms with Crippen LogP contribution in [0.25, 0.3) is 11.0 Å². The van der Waals surface area contributed by atoms with E-state index in [-0.39, 0.29) is 25.5 Å². The zero-order chi connectivity index (χ0) is 23.2. The number of carbonyl (C=O) groups is 1. The molecule has 170 valence electrons. The average Bonchev–Trinajstić information content (AvgIpc) is 3.15. The Hall–Kier alpha value is -3.06. The van der Waals surface area contributed by atoms with Crippen molar-refractivity contribution >= 4 is 40.1 Å². The van der Waals surface area contributed by atoms with Crippen LogP contribution in [0.15, 0.2) is 72.8 Å². The number of para-hydroxylation sites is 2. The molecule has 3 aromatic carbocycles. The van der Waals surface area contributed by atoms with Crippen LogP contribution < -0.4 is 10.1 Å². The van der Waals surface area contributed by atoms with Crippen molar-refractivity contribution in [2.24, 2.45) is 0 Å². The predicted octanol–water partition coefficient (Wildman–Crippen LogP) is 4.64. The van der Waals surface area contributed by atoms with Crippen LogP contribution in [0.3, 0.4) is 0 Å². The highest BCUT2D eigenvalue weighted by Crippen LogP contribution is 2.19. The number of aliphatic hydroxyl groups excluding tert-OH is 1. The summed E-state index contributed by atoms with van der Waals surface area (Å²) in [4.78, 5) is 17.2. The molecule has 0 fully saturated rings. The number of ether oxygens (including phenoxy) is 1. The van der Waals surface area contributed by atoms with Crippen molar-refractivity contribution in [1.82, 2.24) is 14.9 Å². The largest absolute Gasteiger partial charge is 0.491 e. The Morgan fingerprint density at radius 2 is 1.67 bits per heavy atom. The lowest BCUT2D eigenvalue weighted by Gasteiger charge is -2.16. The van der Waals surface area contributed by atoms with Crippen molar-refractivity contribution in [1.29, 1.82) is 0 Å². The van der Waals surface area contributed by atoms with Crippen molar-refractivity contribution in [2.75, 3.05) is 6.61 Å². The van der Waals surface area contributed by atoms with E-state index in [4.69, 9.17) is 27.9 Å². The molecule has 4 rings (SSSR count). The van der Waals surface area contributed by atoms with E-state index in [1.54, 1.807) is 36.4 Å². The summed E-state index contributed by atoms with van der Waals surface area (Å²) in [5.74, 6) is 1.04. The number of benzene rings is 3. The lowest BCUT2D eigenvalue weighted by molar-refractivity contribution is -0.120. The van der Waals surface area contributed by atoms with Gasteiger partial charge in [-0.05, 0) is 54.1 Å². The summed E-state index contributed by atoms with van der Waals surface area (Å²) in [7, 11) is 0. The van der Waals surface area contributed by atoms with Crippen molar-refractivity contribution in [3.05, 3.63) is 94.2 Å². The standard InChI is InChI=1S/C25H23Cl2N3O3/c26-18-7-5-17(6-8-18)14-28-25(32)13-24-29-22-3-1-2-4-23(22)30(24)15-20(31)16-33-21-11-9-19(27)10-12-21/h1-12,20,31H,13-16H2,(H,28,32). The quantitative estimate of drug-likeness (QED) is 0.363. The Morgan fingerprint density at radius 1 is 1.00 bits per heavy atom. The van der Waals surface area contributed by atoms with E-state index in [2.05, 4.69) is 10.3 Å². The highest BCUT2D eigenvalue weighted by atomic mass is 35.5. The number of nitrogens with zero attached hydrogens (tertiary/aromatic N) is 2. The molecule has 2 N–H and O–H groups in total. The monoisotopic (exact) mass is 483 g/mol. The molecule has 0 aliphatic heterocycles. The number of aliphatic hydroxyl groups is 1. The Balaban J connectivity index is 1.42. The third-order valence-electron chi connectivity index (χ3n) is 5.10. The molecule has 0 saturated heterocycles. The van der Waals surface area contributed by atoms with Crippen LogP contribution in [-0.2, 0) is 24.3 Å². The second kappa shape index (κ2) is 10.7. The molecule has 0 saturated carbocycles. The fraction of sp³-hybridized carbons (Fsp3) is 0.200. The summed E-state index contributed by atoms with van der Waals surface area (Å²) < 4.78 is 7.54. The zero-order valence-electron chi connectivity index (χ0n) is 17.7. The topological polar surface area (TPSA) is 76.4 Å². The smallest absolute Gasteiger partial charge is 0.227 e. The van der Waals surface area contributed by atoms with E-state index in [9.17, 15) is 9.90 Å². The zero-order valence-corrected chi connectivity index (χ0v) is 19.3. The van der Waals surface area contributed by atoms with E-state index in [0.29, 0.717) is 28.2 Å². The molecule has 0 aliphatic rings. The molecule has 4 aromatic rings. The number of nitrogens with one attached hydrogen (secondary N) is 1. The van der Waals surface area contributed by atoms with Crippen LogP contribution in [0.4, 0.5) is 0 Å². The Morgan fingerprint density at radius 3 is 2.39 bits per heavy atom. The van der Waals surface area contributed by atoms with Gasteiger partial charge < -0.3 is 19.7 Å². The van der Waals surface area contributed by atoms with E-state index < -0.39 is 6.10 Å². The van der Waals surface area contributed by atoms with Gasteiger partial charge in [0.25, 0.3) is 0 Å². The first-order valence-electron chi connectivity index (χ1n) is 10.5. The summed E-state index contributed by atoms with van der Waals surface area (Å²) in [5, 5.41) is 14.8. The van der Waals surface area contributed by atoms with Crippen LogP contribution in [0.1, 0.15) is 11.4 Å². The molecule has 1 unspecified atom stereocenters. The SMILES string of the molecule is O=C(Cc1nc2ccccc2n1CC(O)COc1ccc(Cl)cc1)NCc1ccc(Cl)cc1. The summed E-state index contributed by atoms with van der Waals surface area (Å²) in [6.07, 6.45) is -0.707. The molecule has 33 heavy (non-hydrogen) atoms. The second-order valence-corrected chi connectivity index (χ2v) is 8.50. The third kappa shape index (κ3) is 6.26. The summed E-state index contributed by atoms with van der Waals surface area (Å²) in [5.41, 5.74) is 2.57. The molecule has 1 amide bonds. The van der Waals surface area contributed by atoms with Gasteiger partial charge in [0, 0.05) is 16.6 Å². The minimum atomic E-state index is -0.797. The molecule has 0 spiro atoms. The van der Waals surface area contributed by atoms with E-state index >= 15 is 0 Å². The van der Waals surface area contributed by atoms with Gasteiger partial charge in [0.1, 0.15) is 24.3 Å². The maximum atomic E-state index is 12.6. The molecule has 8 heteroatoms. The maximum absolute atomic E-state index is 12.6. The number of imidazole rings is 1. The first-order valence-corrected chi connectivity index (χ1v) is 11.3. The molecular formula is C25H23Cl2N3O3. The van der Waals surface area contributed by atoms with E-state index in [0.717, 1.165) is 16.6 Å². The third-order valence-corrected chi connectivity index (χ3v) is 5.61. The molecule has 1 heterocycles. The minimum Gasteiger partial charge on any atom is -0.491 e. The molecule has 1 atom stereocenters. The Bertz CT molecular complexity index is 1220. The van der Waals surface area contributed by atoms with Gasteiger partial charge in [-0.2, -0.15) is 0 Å². The average molecular weight is 484 g/mol. The van der Waals surface area contributed by atoms with Crippen molar-refractivity contribution in [3.8, 4) is 5.75 Å². The molecular weight excluding hydrogens is 461 g/mol. The van der Waals surface area contributed by atoms with Gasteiger partial charge >= 0.3 is 0 Å². The Kier molecular flexibility index (Phi) is 7.50. The summed E-state index contributed by atoms with van der Waals surface area (Å²) in [6.45, 7) is 0.734. The molecule has 0 aliphatic carbocycles. The van der Waals surface area contributed by atoms with Gasteiger partial charge in [-0.1, -0.05) is 47.5 Å². The van der Waals surface area contributed by atoms with E-state index in [1.165, 1.54) is 0 Å². The van der Waals surface area contributed by atoms with Crippen molar-refractivity contribution in [3.63, 3.8) is 0 Å². The number of hydrogen-bond donors (Lipinski definition) is 2. The predicted molar refractivity (Wildman–Crippen MR) is 130 cm³/mol. The molecule has 1 aromatic heterocycles. The molecule has 0 radical (unpaired) electrons. The van der Waals surface area contributed by atoms with Crippen LogP contribution in [0, 0.1) is 0 Å². The van der Waals surface area contributed by atoms with Gasteiger partial charge in [-0.15, -0.1) is 0 Å². The fourth-order valence-corrected chi connectivity index (χ4v) is 3.71. The normalized spacial score (nSPS) is 12.0. The number of rotatable bonds is 9. The number of carbonyl (C=O) groups excluding carboxylic acids is 1. The van der Waals surface area contributed by atoms with Crippen LogP contribution >= 0.6 is 23.2 Å². The van der Waals surface area contributed by atoms with Gasteiger partial charge in [0.15, 0.2) is 0 Å². The fourth-order valence-electron chi connectivity index (χ4n) is 3.46. The second-order valence-electron chi connectivity index (χ2n) is 7.63. The first-order chi connectivity index (χ1) is 16.0. The maximum Gasteiger partial charge on any atom is 0.227 e. The summed E-state index contributed by atoms with van der Waals surface area (Å²) >= 11 is 11.8. The number of amides is 1. The molecule has 0 bridgehead atoms. The van der Waals surface area contributed by atoms with Crippen LogP contribution in [0.5, 0.6) is 5.75 Å². The van der Waals surface area contributed by atoms with Gasteiger partial charge in [0.2, 0.25) is 5.91 Å². The van der Waals surface area contributed by atoms with Crippen LogP contribution in [0.2, 0.25) is 10.0 Å². The number of fused-ring (bicyclic) bond motifs is 1. The van der Waals surface area contributed by atoms with E-state index in [1.807, 2.05) is 41.0 Å². The molecule has 6 nitrogen and oxygen atoms in total. The number of hydrogen-bond acceptors (Lipinski definition) is 4. The van der Waals surface area contributed by atoms with Crippen molar-refractivity contribution < 1.29 is 14.6 Å². The Labute approximate surface area is 201 Å².